The Labute approximate surface area is 139 Å². The van der Waals surface area contributed by atoms with Gasteiger partial charge in [-0.1, -0.05) is 36.4 Å². The zero-order chi connectivity index (χ0) is 17.4. The van der Waals surface area contributed by atoms with Crippen molar-refractivity contribution in [1.82, 2.24) is 10.4 Å². The first-order valence-electron chi connectivity index (χ1n) is 7.37. The number of carbonyl (C=O) groups excluding carboxylic acids is 2. The zero-order valence-corrected chi connectivity index (χ0v) is 13.0. The average Bonchev–Trinajstić information content (AvgIpc) is 2.60. The predicted molar refractivity (Wildman–Crippen MR) is 87.6 cm³/mol. The Hall–Kier alpha value is -3.06. The molecule has 126 valence electrons. The highest BCUT2D eigenvalue weighted by molar-refractivity contribution is 5.94. The number of urea groups is 1. The van der Waals surface area contributed by atoms with E-state index in [4.69, 9.17) is 15.7 Å². The molecule has 0 aliphatic carbocycles. The van der Waals surface area contributed by atoms with Crippen molar-refractivity contribution in [3.8, 4) is 5.75 Å². The molecule has 4 N–H and O–H groups in total. The van der Waals surface area contributed by atoms with E-state index in [1.807, 2.05) is 30.3 Å². The van der Waals surface area contributed by atoms with Gasteiger partial charge >= 0.3 is 6.03 Å². The lowest BCUT2D eigenvalue weighted by molar-refractivity contribution is -0.0376. The lowest BCUT2D eigenvalue weighted by atomic mass is 10.2. The Morgan fingerprint density at radius 3 is 2.58 bits per heavy atom. The van der Waals surface area contributed by atoms with E-state index in [1.165, 1.54) is 0 Å². The number of benzene rings is 2. The summed E-state index contributed by atoms with van der Waals surface area (Å²) >= 11 is 0. The van der Waals surface area contributed by atoms with Crippen LogP contribution in [0.2, 0.25) is 0 Å². The van der Waals surface area contributed by atoms with E-state index in [0.717, 1.165) is 5.56 Å². The molecular formula is C17H19N3O4. The smallest absolute Gasteiger partial charge is 0.338 e. The molecule has 0 unspecified atom stereocenters. The van der Waals surface area contributed by atoms with Crippen LogP contribution in [0, 0.1) is 0 Å². The Bertz CT molecular complexity index is 691. The zero-order valence-electron chi connectivity index (χ0n) is 13.0. The van der Waals surface area contributed by atoms with E-state index in [2.05, 4.69) is 5.32 Å². The quantitative estimate of drug-likeness (QED) is 0.532. The lowest BCUT2D eigenvalue weighted by Crippen LogP contribution is -2.39. The molecule has 7 heteroatoms. The van der Waals surface area contributed by atoms with Crippen LogP contribution in [0.5, 0.6) is 5.75 Å². The number of primary amides is 1. The number of rotatable bonds is 7. The maximum Gasteiger partial charge on any atom is 0.338 e. The summed E-state index contributed by atoms with van der Waals surface area (Å²) in [6.45, 7) is 0.392. The van der Waals surface area contributed by atoms with Crippen LogP contribution in [-0.2, 0) is 6.61 Å². The molecule has 2 aromatic carbocycles. The number of amides is 3. The van der Waals surface area contributed by atoms with Crippen molar-refractivity contribution in [1.29, 1.82) is 0 Å². The molecule has 0 aliphatic heterocycles. The molecule has 0 atom stereocenters. The second kappa shape index (κ2) is 8.54. The summed E-state index contributed by atoms with van der Waals surface area (Å²) in [4.78, 5) is 22.7. The topological polar surface area (TPSA) is 105 Å². The van der Waals surface area contributed by atoms with E-state index in [9.17, 15) is 9.59 Å². The van der Waals surface area contributed by atoms with Crippen molar-refractivity contribution in [2.45, 2.75) is 6.61 Å². The van der Waals surface area contributed by atoms with Crippen LogP contribution < -0.4 is 15.8 Å². The molecule has 0 bridgehead atoms. The number of hydrogen-bond donors (Lipinski definition) is 3. The summed E-state index contributed by atoms with van der Waals surface area (Å²) < 4.78 is 5.67. The molecule has 0 heterocycles. The monoisotopic (exact) mass is 329 g/mol. The van der Waals surface area contributed by atoms with Crippen LogP contribution in [0.3, 0.4) is 0 Å². The molecule has 24 heavy (non-hydrogen) atoms. The minimum absolute atomic E-state index is 0.0768. The van der Waals surface area contributed by atoms with Crippen molar-refractivity contribution < 1.29 is 19.5 Å². The van der Waals surface area contributed by atoms with Gasteiger partial charge in [0.2, 0.25) is 0 Å². The third-order valence-electron chi connectivity index (χ3n) is 3.21. The number of ether oxygens (including phenoxy) is 1. The molecule has 0 spiro atoms. The second-order valence-corrected chi connectivity index (χ2v) is 5.02. The van der Waals surface area contributed by atoms with Gasteiger partial charge in [-0.3, -0.25) is 10.0 Å². The summed E-state index contributed by atoms with van der Waals surface area (Å²) in [5.74, 6) is 0.241. The Morgan fingerprint density at radius 2 is 1.88 bits per heavy atom. The lowest BCUT2D eigenvalue weighted by Gasteiger charge is -2.12. The van der Waals surface area contributed by atoms with E-state index in [0.29, 0.717) is 23.0 Å². The van der Waals surface area contributed by atoms with Crippen molar-refractivity contribution in [3.05, 3.63) is 65.7 Å². The van der Waals surface area contributed by atoms with Gasteiger partial charge in [-0.25, -0.2) is 9.86 Å². The van der Waals surface area contributed by atoms with Gasteiger partial charge in [-0.2, -0.15) is 0 Å². The molecule has 7 nitrogen and oxygen atoms in total. The minimum Gasteiger partial charge on any atom is -0.489 e. The van der Waals surface area contributed by atoms with Crippen molar-refractivity contribution in [3.63, 3.8) is 0 Å². The normalized spacial score (nSPS) is 10.0. The third-order valence-corrected chi connectivity index (χ3v) is 3.21. The largest absolute Gasteiger partial charge is 0.489 e. The number of carbonyl (C=O) groups is 2. The fourth-order valence-corrected chi connectivity index (χ4v) is 1.96. The van der Waals surface area contributed by atoms with Crippen LogP contribution in [0.4, 0.5) is 4.79 Å². The number of nitrogens with two attached hydrogens (primary N) is 1. The molecule has 0 saturated carbocycles. The van der Waals surface area contributed by atoms with Crippen LogP contribution in [0.15, 0.2) is 54.6 Å². The first-order valence-corrected chi connectivity index (χ1v) is 7.37. The van der Waals surface area contributed by atoms with Gasteiger partial charge in [0.25, 0.3) is 5.91 Å². The Kier molecular flexibility index (Phi) is 6.16. The second-order valence-electron chi connectivity index (χ2n) is 5.02. The van der Waals surface area contributed by atoms with Gasteiger partial charge in [0.05, 0.1) is 6.54 Å². The summed E-state index contributed by atoms with van der Waals surface area (Å²) in [7, 11) is 0. The fraction of sp³-hybridized carbons (Fsp3) is 0.176. The van der Waals surface area contributed by atoms with E-state index < -0.39 is 6.03 Å². The molecular weight excluding hydrogens is 310 g/mol. The maximum absolute atomic E-state index is 12.0. The molecule has 2 aromatic rings. The standard InChI is InChI=1S/C17H19N3O4/c18-17(22)20(23)10-9-19-16(21)14-7-4-8-15(11-14)24-12-13-5-2-1-3-6-13/h1-8,11,23H,9-10,12H2,(H2,18,22)(H,19,21). The van der Waals surface area contributed by atoms with Gasteiger partial charge in [0.15, 0.2) is 0 Å². The van der Waals surface area contributed by atoms with E-state index >= 15 is 0 Å². The first kappa shape index (κ1) is 17.3. The number of hydrogen-bond acceptors (Lipinski definition) is 4. The molecule has 0 radical (unpaired) electrons. The van der Waals surface area contributed by atoms with Crippen molar-refractivity contribution in [2.24, 2.45) is 5.73 Å². The first-order chi connectivity index (χ1) is 11.6. The Balaban J connectivity index is 1.87. The SMILES string of the molecule is NC(=O)N(O)CCNC(=O)c1cccc(OCc2ccccc2)c1. The molecule has 0 aromatic heterocycles. The number of nitrogens with one attached hydrogen (secondary N) is 1. The Morgan fingerprint density at radius 1 is 1.12 bits per heavy atom. The van der Waals surface area contributed by atoms with Crippen LogP contribution in [-0.4, -0.2) is 35.3 Å². The predicted octanol–water partition coefficient (Wildman–Crippen LogP) is 1.77. The van der Waals surface area contributed by atoms with Crippen molar-refractivity contribution >= 4 is 11.9 Å². The minimum atomic E-state index is -0.972. The van der Waals surface area contributed by atoms with Gasteiger partial charge in [0.1, 0.15) is 12.4 Å². The summed E-state index contributed by atoms with van der Waals surface area (Å²) in [5, 5.41) is 12.0. The molecule has 2 rings (SSSR count). The van der Waals surface area contributed by atoms with Crippen molar-refractivity contribution in [2.75, 3.05) is 13.1 Å². The summed E-state index contributed by atoms with van der Waals surface area (Å²) in [6, 6.07) is 15.5. The summed E-state index contributed by atoms with van der Waals surface area (Å²) in [6.07, 6.45) is 0. The molecule has 0 fully saturated rings. The average molecular weight is 329 g/mol. The van der Waals surface area contributed by atoms with Crippen LogP contribution in [0.25, 0.3) is 0 Å². The highest BCUT2D eigenvalue weighted by atomic mass is 16.5. The van der Waals surface area contributed by atoms with Crippen LogP contribution >= 0.6 is 0 Å². The van der Waals surface area contributed by atoms with E-state index in [1.54, 1.807) is 24.3 Å². The van der Waals surface area contributed by atoms with Gasteiger partial charge in [-0.05, 0) is 23.8 Å². The number of nitrogens with zero attached hydrogens (tertiary/aromatic N) is 1. The molecule has 0 aliphatic rings. The highest BCUT2D eigenvalue weighted by Crippen LogP contribution is 2.15. The number of hydroxylamine groups is 2. The van der Waals surface area contributed by atoms with Crippen LogP contribution in [0.1, 0.15) is 15.9 Å². The van der Waals surface area contributed by atoms with Gasteiger partial charge in [-0.15, -0.1) is 0 Å². The molecule has 3 amide bonds. The maximum atomic E-state index is 12.0. The van der Waals surface area contributed by atoms with Gasteiger partial charge in [0, 0.05) is 12.1 Å². The molecule has 0 saturated heterocycles. The fourth-order valence-electron chi connectivity index (χ4n) is 1.96. The van der Waals surface area contributed by atoms with Gasteiger partial charge < -0.3 is 15.8 Å². The third kappa shape index (κ3) is 5.29. The van der Waals surface area contributed by atoms with E-state index in [-0.39, 0.29) is 19.0 Å². The summed E-state index contributed by atoms with van der Waals surface area (Å²) in [5.41, 5.74) is 6.32. The highest BCUT2D eigenvalue weighted by Gasteiger charge is 2.09.